The van der Waals surface area contributed by atoms with Crippen LogP contribution in [0.15, 0.2) is 36.4 Å². The maximum Gasteiger partial charge on any atom is 0.309 e. The molecule has 1 amide bonds. The first kappa shape index (κ1) is 29.5. The van der Waals surface area contributed by atoms with Gasteiger partial charge in [0.15, 0.2) is 0 Å². The number of nitrogens with zero attached hydrogens (tertiary/aromatic N) is 1. The molecule has 0 radical (unpaired) electrons. The molecule has 0 aromatic heterocycles. The van der Waals surface area contributed by atoms with Crippen molar-refractivity contribution in [2.24, 2.45) is 11.3 Å². The fourth-order valence-electron chi connectivity index (χ4n) is 10.6. The van der Waals surface area contributed by atoms with E-state index < -0.39 is 34.1 Å². The predicted molar refractivity (Wildman–Crippen MR) is 166 cm³/mol. The lowest BCUT2D eigenvalue weighted by Gasteiger charge is -2.61. The van der Waals surface area contributed by atoms with Gasteiger partial charge in [0.1, 0.15) is 11.2 Å². The Hall–Kier alpha value is -2.19. The second kappa shape index (κ2) is 10.2. The lowest BCUT2D eigenvalue weighted by Crippen LogP contribution is -2.69. The number of carboxylic acid groups (broad SMARTS) is 1. The van der Waals surface area contributed by atoms with Crippen LogP contribution in [-0.4, -0.2) is 52.6 Å². The number of halogens is 3. The molecule has 2 bridgehead atoms. The van der Waals surface area contributed by atoms with Crippen LogP contribution in [0.1, 0.15) is 88.2 Å². The van der Waals surface area contributed by atoms with Crippen molar-refractivity contribution in [3.05, 3.63) is 63.4 Å². The summed E-state index contributed by atoms with van der Waals surface area (Å²) >= 11 is 12.8. The van der Waals surface area contributed by atoms with Crippen LogP contribution in [0, 0.1) is 17.2 Å². The van der Waals surface area contributed by atoms with E-state index in [9.17, 15) is 14.7 Å². The maximum absolute atomic E-state index is 16.1. The summed E-state index contributed by atoms with van der Waals surface area (Å²) in [5.41, 5.74) is -0.520. The predicted octanol–water partition coefficient (Wildman–Crippen LogP) is 7.14. The third-order valence-electron chi connectivity index (χ3n) is 12.7. The number of nitrogens with one attached hydrogen (secondary N) is 2. The summed E-state index contributed by atoms with van der Waals surface area (Å²) in [5, 5.41) is 17.8. The van der Waals surface area contributed by atoms with Gasteiger partial charge in [-0.1, -0.05) is 60.7 Å². The molecule has 2 aromatic rings. The third kappa shape index (κ3) is 3.84. The molecule has 6 nitrogen and oxygen atoms in total. The Morgan fingerprint density at radius 2 is 1.81 bits per heavy atom. The van der Waals surface area contributed by atoms with Crippen molar-refractivity contribution in [2.45, 2.75) is 99.6 Å². The zero-order chi connectivity index (χ0) is 30.4. The molecule has 1 saturated heterocycles. The van der Waals surface area contributed by atoms with Crippen molar-refractivity contribution in [1.29, 1.82) is 0 Å². The standard InChI is InChI=1S/C34H40Cl2FN3O3/c1-20(24-18-31(30(42)43)13-15-32(24,38-2)16-14-31)40-19-25(22-7-6-8-26(36)28(22)37)34(33(40)11-4-3-5-12-33)23-10-9-21(35)17-27(23)39-29(34)41/h6-10,17,20,24-25,38H,3-5,11-16,18-19H2,1-2H3,(H,39,41)(H,42,43)/t20?,24?,25-,31?,32?,34-/m1/s1. The van der Waals surface area contributed by atoms with E-state index in [0.717, 1.165) is 50.5 Å². The van der Waals surface area contributed by atoms with Crippen LogP contribution in [-0.2, 0) is 15.0 Å². The number of benzene rings is 2. The SMILES string of the molecule is CNC12CCC(C(=O)O)(CC1)CC2C(C)N1C[C@H](c2cccc(Cl)c2F)[C@]2(C(=O)Nc3cc(Cl)ccc32)C12CCCCC2. The monoisotopic (exact) mass is 627 g/mol. The van der Waals surface area contributed by atoms with Gasteiger partial charge in [0.25, 0.3) is 0 Å². The number of aliphatic carboxylic acids is 1. The molecule has 6 aliphatic rings. The van der Waals surface area contributed by atoms with Crippen molar-refractivity contribution in [3.63, 3.8) is 0 Å². The lowest BCUT2D eigenvalue weighted by atomic mass is 9.50. The molecule has 4 aliphatic carbocycles. The summed E-state index contributed by atoms with van der Waals surface area (Å²) in [6.45, 7) is 2.71. The lowest BCUT2D eigenvalue weighted by molar-refractivity contribution is -0.164. The molecule has 4 atom stereocenters. The number of amides is 1. The number of likely N-dealkylation sites (tertiary alicyclic amines) is 1. The molecule has 9 heteroatoms. The highest BCUT2D eigenvalue weighted by Gasteiger charge is 2.73. The van der Waals surface area contributed by atoms with E-state index in [1.165, 1.54) is 0 Å². The number of carbonyl (C=O) groups is 2. The van der Waals surface area contributed by atoms with E-state index in [2.05, 4.69) is 22.5 Å². The summed E-state index contributed by atoms with van der Waals surface area (Å²) in [5.74, 6) is -1.71. The van der Waals surface area contributed by atoms with Gasteiger partial charge in [-0.25, -0.2) is 4.39 Å². The molecule has 3 N–H and O–H groups in total. The summed E-state index contributed by atoms with van der Waals surface area (Å²) in [4.78, 5) is 29.9. The zero-order valence-electron chi connectivity index (χ0n) is 24.8. The number of hydrogen-bond donors (Lipinski definition) is 3. The van der Waals surface area contributed by atoms with Crippen molar-refractivity contribution in [1.82, 2.24) is 10.2 Å². The number of rotatable bonds is 5. The number of fused-ring (bicyclic) bond motifs is 6. The van der Waals surface area contributed by atoms with E-state index >= 15 is 4.39 Å². The van der Waals surface area contributed by atoms with Crippen molar-refractivity contribution < 1.29 is 19.1 Å². The Morgan fingerprint density at radius 1 is 1.09 bits per heavy atom. The van der Waals surface area contributed by atoms with Crippen LogP contribution < -0.4 is 10.6 Å². The van der Waals surface area contributed by atoms with Crippen LogP contribution in [0.3, 0.4) is 0 Å². The topological polar surface area (TPSA) is 81.7 Å². The van der Waals surface area contributed by atoms with Gasteiger partial charge in [-0.05, 0) is 94.2 Å². The Labute approximate surface area is 262 Å². The van der Waals surface area contributed by atoms with E-state index in [1.54, 1.807) is 18.2 Å². The maximum atomic E-state index is 16.1. The molecule has 8 rings (SSSR count). The first-order valence-corrected chi connectivity index (χ1v) is 16.6. The van der Waals surface area contributed by atoms with Gasteiger partial charge >= 0.3 is 5.97 Å². The Balaban J connectivity index is 1.44. The average Bonchev–Trinajstić information content (AvgIpc) is 3.46. The number of anilines is 1. The molecule has 230 valence electrons. The summed E-state index contributed by atoms with van der Waals surface area (Å²) in [6.07, 6.45) is 8.18. The number of carbonyl (C=O) groups excluding carboxylic acids is 1. The Bertz CT molecular complexity index is 1490. The fraction of sp³-hybridized carbons (Fsp3) is 0.588. The minimum atomic E-state index is -1.06. The van der Waals surface area contributed by atoms with Crippen molar-refractivity contribution >= 4 is 40.8 Å². The third-order valence-corrected chi connectivity index (χ3v) is 13.2. The molecule has 2 spiro atoms. The molecule has 4 saturated carbocycles. The van der Waals surface area contributed by atoms with Gasteiger partial charge in [0, 0.05) is 40.3 Å². The quantitative estimate of drug-likeness (QED) is 0.328. The number of carboxylic acids is 1. The van der Waals surface area contributed by atoms with Crippen LogP contribution >= 0.6 is 23.2 Å². The van der Waals surface area contributed by atoms with Crippen molar-refractivity contribution in [2.75, 3.05) is 18.9 Å². The average molecular weight is 629 g/mol. The van der Waals surface area contributed by atoms with Gasteiger partial charge in [-0.15, -0.1) is 0 Å². The minimum Gasteiger partial charge on any atom is -0.481 e. The minimum absolute atomic E-state index is 0.0434. The van der Waals surface area contributed by atoms with E-state index in [-0.39, 0.29) is 28.4 Å². The Kier molecular flexibility index (Phi) is 6.98. The highest BCUT2D eigenvalue weighted by atomic mass is 35.5. The van der Waals surface area contributed by atoms with Gasteiger partial charge in [0.05, 0.1) is 10.4 Å². The molecular formula is C34H40Cl2FN3O3. The highest BCUT2D eigenvalue weighted by molar-refractivity contribution is 6.31. The normalized spacial score (nSPS) is 35.3. The molecule has 2 aliphatic heterocycles. The smallest absolute Gasteiger partial charge is 0.309 e. The second-order valence-electron chi connectivity index (χ2n) is 13.9. The molecule has 2 unspecified atom stereocenters. The Morgan fingerprint density at radius 3 is 2.49 bits per heavy atom. The largest absolute Gasteiger partial charge is 0.481 e. The molecule has 2 heterocycles. The first-order valence-electron chi connectivity index (χ1n) is 15.8. The van der Waals surface area contributed by atoms with Crippen LogP contribution in [0.4, 0.5) is 10.1 Å². The van der Waals surface area contributed by atoms with Gasteiger partial charge in [0.2, 0.25) is 5.91 Å². The van der Waals surface area contributed by atoms with Crippen LogP contribution in [0.2, 0.25) is 10.0 Å². The van der Waals surface area contributed by atoms with Crippen LogP contribution in [0.5, 0.6) is 0 Å². The van der Waals surface area contributed by atoms with E-state index in [0.29, 0.717) is 42.1 Å². The second-order valence-corrected chi connectivity index (χ2v) is 14.8. The van der Waals surface area contributed by atoms with Crippen LogP contribution in [0.25, 0.3) is 0 Å². The van der Waals surface area contributed by atoms with Gasteiger partial charge in [-0.3, -0.25) is 14.5 Å². The van der Waals surface area contributed by atoms with E-state index in [4.69, 9.17) is 23.2 Å². The van der Waals surface area contributed by atoms with Crippen molar-refractivity contribution in [3.8, 4) is 0 Å². The fourth-order valence-corrected chi connectivity index (χ4v) is 11.0. The van der Waals surface area contributed by atoms with E-state index in [1.807, 2.05) is 25.2 Å². The summed E-state index contributed by atoms with van der Waals surface area (Å²) in [6, 6.07) is 10.7. The van der Waals surface area contributed by atoms with Gasteiger partial charge in [-0.2, -0.15) is 0 Å². The first-order chi connectivity index (χ1) is 20.5. The number of hydrogen-bond acceptors (Lipinski definition) is 4. The summed E-state index contributed by atoms with van der Waals surface area (Å²) in [7, 11) is 2.01. The molecule has 43 heavy (non-hydrogen) atoms. The molecular weight excluding hydrogens is 588 g/mol. The summed E-state index contributed by atoms with van der Waals surface area (Å²) < 4.78 is 16.1. The molecule has 2 aromatic carbocycles. The van der Waals surface area contributed by atoms with Gasteiger partial charge < -0.3 is 15.7 Å². The molecule has 5 fully saturated rings. The highest BCUT2D eigenvalue weighted by Crippen LogP contribution is 2.66. The zero-order valence-corrected chi connectivity index (χ0v) is 26.3.